The highest BCUT2D eigenvalue weighted by molar-refractivity contribution is 7.99. The first-order valence-electron chi connectivity index (χ1n) is 6.53. The van der Waals surface area contributed by atoms with Crippen molar-refractivity contribution in [3.8, 4) is 0 Å². The topological polar surface area (TPSA) is 58.6 Å². The van der Waals surface area contributed by atoms with Gasteiger partial charge in [0.25, 0.3) is 0 Å². The highest BCUT2D eigenvalue weighted by Gasteiger charge is 2.32. The zero-order chi connectivity index (χ0) is 14.4. The van der Waals surface area contributed by atoms with Gasteiger partial charge in [0.2, 0.25) is 5.91 Å². The Hall–Kier alpha value is -1.11. The van der Waals surface area contributed by atoms with E-state index in [1.807, 2.05) is 0 Å². The summed E-state index contributed by atoms with van der Waals surface area (Å²) < 4.78 is 17.8. The van der Waals surface area contributed by atoms with Crippen LogP contribution in [-0.4, -0.2) is 42.1 Å². The third-order valence-electron chi connectivity index (χ3n) is 3.11. The first-order valence-corrected chi connectivity index (χ1v) is 7.51. The van der Waals surface area contributed by atoms with Crippen LogP contribution in [0.4, 0.5) is 4.39 Å². The predicted octanol–water partition coefficient (Wildman–Crippen LogP) is 1.58. The first-order chi connectivity index (χ1) is 9.57. The number of halogens is 1. The summed E-state index contributed by atoms with van der Waals surface area (Å²) >= 11 is 1.50. The summed E-state index contributed by atoms with van der Waals surface area (Å²) in [6, 6.07) is 6.18. The van der Waals surface area contributed by atoms with Gasteiger partial charge < -0.3 is 15.2 Å². The van der Waals surface area contributed by atoms with E-state index in [0.29, 0.717) is 25.2 Å². The summed E-state index contributed by atoms with van der Waals surface area (Å²) in [4.78, 5) is 12.6. The molecule has 4 nitrogen and oxygen atoms in total. The van der Waals surface area contributed by atoms with E-state index in [1.54, 1.807) is 12.1 Å². The van der Waals surface area contributed by atoms with Gasteiger partial charge in [-0.2, -0.15) is 0 Å². The zero-order valence-electron chi connectivity index (χ0n) is 11.1. The lowest BCUT2D eigenvalue weighted by Crippen LogP contribution is -2.43. The van der Waals surface area contributed by atoms with Gasteiger partial charge in [-0.05, 0) is 24.3 Å². The molecule has 1 aromatic rings. The molecule has 1 heterocycles. The van der Waals surface area contributed by atoms with Crippen LogP contribution in [0.15, 0.2) is 29.2 Å². The Labute approximate surface area is 121 Å². The monoisotopic (exact) mass is 299 g/mol. The molecule has 1 fully saturated rings. The lowest BCUT2D eigenvalue weighted by molar-refractivity contribution is -0.121. The number of ether oxygens (including phenoxy) is 1. The number of benzene rings is 1. The number of hydrogen-bond acceptors (Lipinski definition) is 4. The highest BCUT2D eigenvalue weighted by Crippen LogP contribution is 2.19. The SMILES string of the molecule is O=C(CCSc1ccc(F)cc1)NCC1(O)CCOC1. The number of rotatable bonds is 6. The molecule has 1 saturated heterocycles. The van der Waals surface area contributed by atoms with Crippen LogP contribution in [0.1, 0.15) is 12.8 Å². The fourth-order valence-electron chi connectivity index (χ4n) is 1.88. The third-order valence-corrected chi connectivity index (χ3v) is 4.12. The molecule has 2 rings (SSSR count). The molecule has 6 heteroatoms. The van der Waals surface area contributed by atoms with Crippen LogP contribution in [0.3, 0.4) is 0 Å². The molecule has 110 valence electrons. The third kappa shape index (κ3) is 4.77. The fourth-order valence-corrected chi connectivity index (χ4v) is 2.73. The van der Waals surface area contributed by atoms with Gasteiger partial charge in [-0.25, -0.2) is 4.39 Å². The van der Waals surface area contributed by atoms with Crippen molar-refractivity contribution in [3.63, 3.8) is 0 Å². The first kappa shape index (κ1) is 15.3. The van der Waals surface area contributed by atoms with Crippen LogP contribution >= 0.6 is 11.8 Å². The van der Waals surface area contributed by atoms with Crippen molar-refractivity contribution in [1.29, 1.82) is 0 Å². The summed E-state index contributed by atoms with van der Waals surface area (Å²) in [7, 11) is 0. The quantitative estimate of drug-likeness (QED) is 0.783. The Morgan fingerprint density at radius 1 is 1.45 bits per heavy atom. The summed E-state index contributed by atoms with van der Waals surface area (Å²) in [5.74, 6) is 0.255. The molecule has 0 aromatic heterocycles. The Morgan fingerprint density at radius 3 is 2.85 bits per heavy atom. The molecule has 20 heavy (non-hydrogen) atoms. The predicted molar refractivity (Wildman–Crippen MR) is 75.1 cm³/mol. The molecule has 1 amide bonds. The average molecular weight is 299 g/mol. The standard InChI is InChI=1S/C14H18FNO3S/c15-11-1-3-12(4-2-11)20-8-5-13(17)16-9-14(18)6-7-19-10-14/h1-4,18H,5-10H2,(H,16,17). The number of nitrogens with one attached hydrogen (secondary N) is 1. The van der Waals surface area contributed by atoms with Gasteiger partial charge in [-0.1, -0.05) is 0 Å². The average Bonchev–Trinajstić information content (AvgIpc) is 2.86. The van der Waals surface area contributed by atoms with E-state index in [0.717, 1.165) is 4.90 Å². The minimum Gasteiger partial charge on any atom is -0.386 e. The number of hydrogen-bond donors (Lipinski definition) is 2. The molecule has 0 aliphatic carbocycles. The maximum Gasteiger partial charge on any atom is 0.220 e. The molecule has 2 N–H and O–H groups in total. The lowest BCUT2D eigenvalue weighted by atomic mass is 10.0. The van der Waals surface area contributed by atoms with Crippen LogP contribution < -0.4 is 5.32 Å². The molecule has 1 aliphatic heterocycles. The molecule has 0 saturated carbocycles. The molecule has 1 unspecified atom stereocenters. The van der Waals surface area contributed by atoms with E-state index < -0.39 is 5.60 Å². The molecular weight excluding hydrogens is 281 g/mol. The van der Waals surface area contributed by atoms with Crippen LogP contribution in [0.2, 0.25) is 0 Å². The van der Waals surface area contributed by atoms with Crippen molar-refractivity contribution < 1.29 is 19.0 Å². The smallest absolute Gasteiger partial charge is 0.220 e. The normalized spacial score (nSPS) is 21.9. The van der Waals surface area contributed by atoms with Gasteiger partial charge in [0.1, 0.15) is 11.4 Å². The Morgan fingerprint density at radius 2 is 2.20 bits per heavy atom. The number of carbonyl (C=O) groups excluding carboxylic acids is 1. The van der Waals surface area contributed by atoms with Crippen molar-refractivity contribution in [2.24, 2.45) is 0 Å². The summed E-state index contributed by atoms with van der Waals surface area (Å²) in [6.07, 6.45) is 0.913. The largest absolute Gasteiger partial charge is 0.386 e. The molecule has 0 spiro atoms. The Balaban J connectivity index is 1.64. The van der Waals surface area contributed by atoms with E-state index in [4.69, 9.17) is 4.74 Å². The van der Waals surface area contributed by atoms with E-state index in [1.165, 1.54) is 23.9 Å². The molecule has 0 bridgehead atoms. The van der Waals surface area contributed by atoms with Crippen LogP contribution in [0, 0.1) is 5.82 Å². The van der Waals surface area contributed by atoms with Crippen molar-refractivity contribution >= 4 is 17.7 Å². The van der Waals surface area contributed by atoms with E-state index in [-0.39, 0.29) is 24.9 Å². The highest BCUT2D eigenvalue weighted by atomic mass is 32.2. The van der Waals surface area contributed by atoms with Crippen molar-refractivity contribution in [2.75, 3.05) is 25.5 Å². The van der Waals surface area contributed by atoms with Gasteiger partial charge >= 0.3 is 0 Å². The Kier molecular flexibility index (Phi) is 5.39. The minimum absolute atomic E-state index is 0.0973. The van der Waals surface area contributed by atoms with E-state index >= 15 is 0 Å². The minimum atomic E-state index is -0.917. The second-order valence-electron chi connectivity index (χ2n) is 4.86. The number of amides is 1. The summed E-state index contributed by atoms with van der Waals surface area (Å²) in [5, 5.41) is 12.7. The van der Waals surface area contributed by atoms with Crippen molar-refractivity contribution in [3.05, 3.63) is 30.1 Å². The van der Waals surface area contributed by atoms with Crippen LogP contribution in [0.5, 0.6) is 0 Å². The maximum atomic E-state index is 12.7. The van der Waals surface area contributed by atoms with Gasteiger partial charge in [0, 0.05) is 36.6 Å². The van der Waals surface area contributed by atoms with E-state index in [9.17, 15) is 14.3 Å². The van der Waals surface area contributed by atoms with Crippen LogP contribution in [0.25, 0.3) is 0 Å². The second kappa shape index (κ2) is 7.06. The van der Waals surface area contributed by atoms with Gasteiger partial charge in [-0.3, -0.25) is 4.79 Å². The number of thioether (sulfide) groups is 1. The molecule has 1 aromatic carbocycles. The zero-order valence-corrected chi connectivity index (χ0v) is 11.9. The van der Waals surface area contributed by atoms with Gasteiger partial charge in [0.05, 0.1) is 6.61 Å². The van der Waals surface area contributed by atoms with Crippen LogP contribution in [-0.2, 0) is 9.53 Å². The Bertz CT molecular complexity index is 446. The summed E-state index contributed by atoms with van der Waals surface area (Å²) in [5.41, 5.74) is -0.917. The summed E-state index contributed by atoms with van der Waals surface area (Å²) in [6.45, 7) is 1.04. The molecular formula is C14H18FNO3S. The molecule has 1 atom stereocenters. The van der Waals surface area contributed by atoms with E-state index in [2.05, 4.69) is 5.32 Å². The van der Waals surface area contributed by atoms with Gasteiger partial charge in [0.15, 0.2) is 0 Å². The maximum absolute atomic E-state index is 12.7. The van der Waals surface area contributed by atoms with Crippen molar-refractivity contribution in [2.45, 2.75) is 23.3 Å². The number of aliphatic hydroxyl groups is 1. The molecule has 0 radical (unpaired) electrons. The molecule has 1 aliphatic rings. The second-order valence-corrected chi connectivity index (χ2v) is 6.02. The number of carbonyl (C=O) groups is 1. The lowest BCUT2D eigenvalue weighted by Gasteiger charge is -2.20. The fraction of sp³-hybridized carbons (Fsp3) is 0.500. The van der Waals surface area contributed by atoms with Gasteiger partial charge in [-0.15, -0.1) is 11.8 Å². The van der Waals surface area contributed by atoms with Crippen molar-refractivity contribution in [1.82, 2.24) is 5.32 Å².